The molecule has 0 N–H and O–H groups in total. The smallest absolute Gasteiger partial charge is 0.302 e. The molecule has 3 unspecified atom stereocenters. The largest absolute Gasteiger partial charge is 0.497 e. The van der Waals surface area contributed by atoms with Crippen LogP contribution in [-0.2, 0) is 28.9 Å². The van der Waals surface area contributed by atoms with E-state index in [1.54, 1.807) is 14.2 Å². The van der Waals surface area contributed by atoms with E-state index in [1.165, 1.54) is 6.92 Å². The molecule has 0 radical (unpaired) electrons. The number of unbranched alkanes of at least 4 members (excludes halogenated alkanes) is 2. The normalized spacial score (nSPS) is 13.5. The van der Waals surface area contributed by atoms with Crippen LogP contribution in [0.2, 0.25) is 0 Å². The predicted molar refractivity (Wildman–Crippen MR) is 212 cm³/mol. The fraction of sp³-hybridized carbons (Fsp3) is 0.535. The average molecular weight is 749 g/mol. The summed E-state index contributed by atoms with van der Waals surface area (Å²) in [5.74, 6) is 1.50. The van der Waals surface area contributed by atoms with Crippen LogP contribution in [0.4, 0.5) is 0 Å². The van der Waals surface area contributed by atoms with Crippen LogP contribution < -0.4 is 9.47 Å². The number of rotatable bonds is 25. The van der Waals surface area contributed by atoms with Crippen LogP contribution >= 0.6 is 8.53 Å². The second-order valence-electron chi connectivity index (χ2n) is 13.8. The highest BCUT2D eigenvalue weighted by Gasteiger charge is 2.38. The molecular formula is C43H61N2O7P. The van der Waals surface area contributed by atoms with Crippen molar-refractivity contribution in [2.24, 2.45) is 5.92 Å². The van der Waals surface area contributed by atoms with Gasteiger partial charge in [-0.1, -0.05) is 74.4 Å². The number of hydrogen-bond acceptors (Lipinski definition) is 9. The number of ether oxygens (including phenoxy) is 4. The van der Waals surface area contributed by atoms with E-state index in [1.807, 2.05) is 42.5 Å². The first-order chi connectivity index (χ1) is 25.6. The lowest BCUT2D eigenvalue weighted by molar-refractivity contribution is -0.149. The molecule has 0 aliphatic heterocycles. The van der Waals surface area contributed by atoms with Gasteiger partial charge in [-0.2, -0.15) is 5.26 Å². The highest BCUT2D eigenvalue weighted by molar-refractivity contribution is 7.44. The molecule has 0 heterocycles. The molecule has 0 bridgehead atoms. The van der Waals surface area contributed by atoms with Gasteiger partial charge in [0.15, 0.2) is 0 Å². The molecular weight excluding hydrogens is 687 g/mol. The van der Waals surface area contributed by atoms with Crippen LogP contribution in [0.15, 0.2) is 78.9 Å². The summed E-state index contributed by atoms with van der Waals surface area (Å²) in [6.07, 6.45) is 5.33. The fourth-order valence-corrected chi connectivity index (χ4v) is 8.27. The first-order valence-electron chi connectivity index (χ1n) is 18.9. The molecule has 0 aromatic heterocycles. The summed E-state index contributed by atoms with van der Waals surface area (Å²) in [5.41, 5.74) is 2.23. The third-order valence-electron chi connectivity index (χ3n) is 9.24. The molecule has 290 valence electrons. The van der Waals surface area contributed by atoms with E-state index in [2.05, 4.69) is 81.8 Å². The van der Waals surface area contributed by atoms with Gasteiger partial charge in [-0.15, -0.1) is 0 Å². The second-order valence-corrected chi connectivity index (χ2v) is 15.3. The molecule has 0 spiro atoms. The molecule has 0 aliphatic carbocycles. The Morgan fingerprint density at radius 3 is 1.77 bits per heavy atom. The van der Waals surface area contributed by atoms with Crippen LogP contribution in [0.1, 0.15) is 103 Å². The summed E-state index contributed by atoms with van der Waals surface area (Å²) in [4.78, 5) is 12.1. The Hall–Kier alpha value is -3.51. The van der Waals surface area contributed by atoms with Crippen molar-refractivity contribution in [1.82, 2.24) is 4.67 Å². The van der Waals surface area contributed by atoms with E-state index < -0.39 is 14.1 Å². The predicted octanol–water partition coefficient (Wildman–Crippen LogP) is 10.2. The Labute approximate surface area is 319 Å². The van der Waals surface area contributed by atoms with Gasteiger partial charge in [0.25, 0.3) is 8.53 Å². The van der Waals surface area contributed by atoms with Gasteiger partial charge in [0.2, 0.25) is 0 Å². The number of hydrogen-bond donors (Lipinski definition) is 0. The fourth-order valence-electron chi connectivity index (χ4n) is 6.64. The summed E-state index contributed by atoms with van der Waals surface area (Å²) in [5, 5.41) is 9.00. The summed E-state index contributed by atoms with van der Waals surface area (Å²) in [6, 6.07) is 29.2. The number of methoxy groups -OCH3 is 2. The van der Waals surface area contributed by atoms with Gasteiger partial charge in [-0.05, 0) is 100 Å². The van der Waals surface area contributed by atoms with Crippen LogP contribution in [0.25, 0.3) is 0 Å². The van der Waals surface area contributed by atoms with Gasteiger partial charge in [0.05, 0.1) is 39.9 Å². The zero-order valence-corrected chi connectivity index (χ0v) is 34.0. The van der Waals surface area contributed by atoms with Gasteiger partial charge >= 0.3 is 5.97 Å². The number of nitrogens with zero attached hydrogens (tertiary/aromatic N) is 2. The molecule has 0 aliphatic rings. The quantitative estimate of drug-likeness (QED) is 0.0363. The Bertz CT molecular complexity index is 1440. The number of carbonyl (C=O) groups is 1. The zero-order chi connectivity index (χ0) is 38.6. The Morgan fingerprint density at radius 2 is 1.26 bits per heavy atom. The maximum Gasteiger partial charge on any atom is 0.302 e. The van der Waals surface area contributed by atoms with Gasteiger partial charge in [-0.3, -0.25) is 4.79 Å². The van der Waals surface area contributed by atoms with E-state index >= 15 is 0 Å². The van der Waals surface area contributed by atoms with Gasteiger partial charge in [0, 0.05) is 25.6 Å². The zero-order valence-electron chi connectivity index (χ0n) is 33.1. The first-order valence-corrected chi connectivity index (χ1v) is 20.1. The molecule has 9 nitrogen and oxygen atoms in total. The van der Waals surface area contributed by atoms with Crippen molar-refractivity contribution in [2.75, 3.05) is 34.0 Å². The lowest BCUT2D eigenvalue weighted by atomic mass is 9.80. The first kappa shape index (κ1) is 43.9. The van der Waals surface area contributed by atoms with Crippen LogP contribution in [0.5, 0.6) is 11.5 Å². The maximum absolute atomic E-state index is 12.1. The van der Waals surface area contributed by atoms with Crippen molar-refractivity contribution >= 4 is 14.5 Å². The SMILES string of the molecule is COc1ccc(C(OCCCCCC(C)C(CCCOP(OCCC#N)N(C(C)C)C(C)C)OC(C)=O)(c2ccccc2)c2ccc(OC)cc2)cc1. The Kier molecular flexibility index (Phi) is 19.3. The Morgan fingerprint density at radius 1 is 0.717 bits per heavy atom. The molecule has 0 saturated carbocycles. The van der Waals surface area contributed by atoms with Crippen molar-refractivity contribution in [3.05, 3.63) is 95.6 Å². The van der Waals surface area contributed by atoms with Crippen LogP contribution in [0, 0.1) is 17.2 Å². The summed E-state index contributed by atoms with van der Waals surface area (Å²) in [7, 11) is 2.04. The average Bonchev–Trinajstić information content (AvgIpc) is 3.15. The van der Waals surface area contributed by atoms with Gasteiger partial charge in [0.1, 0.15) is 23.2 Å². The van der Waals surface area contributed by atoms with Gasteiger partial charge in [-0.25, -0.2) is 4.67 Å². The van der Waals surface area contributed by atoms with E-state index in [9.17, 15) is 4.79 Å². The van der Waals surface area contributed by atoms with Crippen molar-refractivity contribution in [3.63, 3.8) is 0 Å². The van der Waals surface area contributed by atoms with Gasteiger partial charge < -0.3 is 28.0 Å². The minimum Gasteiger partial charge on any atom is -0.497 e. The lowest BCUT2D eigenvalue weighted by Crippen LogP contribution is -2.33. The number of nitriles is 1. The minimum absolute atomic E-state index is 0.193. The summed E-state index contributed by atoms with van der Waals surface area (Å²) >= 11 is 0. The third-order valence-corrected chi connectivity index (χ3v) is 11.4. The van der Waals surface area contributed by atoms with Crippen molar-refractivity contribution in [2.45, 2.75) is 110 Å². The molecule has 0 fully saturated rings. The van der Waals surface area contributed by atoms with Crippen molar-refractivity contribution in [1.29, 1.82) is 5.26 Å². The van der Waals surface area contributed by atoms with Crippen molar-refractivity contribution < 1.29 is 32.8 Å². The highest BCUT2D eigenvalue weighted by atomic mass is 31.2. The second kappa shape index (κ2) is 23.3. The number of benzene rings is 3. The molecule has 10 heteroatoms. The van der Waals surface area contributed by atoms with Crippen LogP contribution in [0.3, 0.4) is 0 Å². The molecule has 3 aromatic carbocycles. The molecule has 0 amide bonds. The minimum atomic E-state index is -1.30. The summed E-state index contributed by atoms with van der Waals surface area (Å²) < 4.78 is 38.3. The van der Waals surface area contributed by atoms with E-state index in [4.69, 9.17) is 33.3 Å². The maximum atomic E-state index is 12.1. The monoisotopic (exact) mass is 748 g/mol. The van der Waals surface area contributed by atoms with E-state index in [-0.39, 0.29) is 30.1 Å². The van der Waals surface area contributed by atoms with Crippen LogP contribution in [-0.4, -0.2) is 62.9 Å². The van der Waals surface area contributed by atoms with E-state index in [0.29, 0.717) is 32.7 Å². The molecule has 3 atom stereocenters. The van der Waals surface area contributed by atoms with E-state index in [0.717, 1.165) is 60.3 Å². The molecule has 0 saturated heterocycles. The molecule has 53 heavy (non-hydrogen) atoms. The standard InChI is InChI=1S/C43H61N2O7P/c1-33(2)45(34(3)4)53(51-32-16-29-44)50-31-15-20-42(52-36(6)46)35(5)17-11-10-14-30-49-43(37-18-12-9-13-19-37,38-21-25-40(47-7)26-22-38)39-23-27-41(48-8)28-24-39/h9,12-13,18-19,21-28,33-35,42H,10-11,14-17,20,30-32H2,1-8H3. The summed E-state index contributed by atoms with van der Waals surface area (Å²) in [6.45, 7) is 13.5. The lowest BCUT2D eigenvalue weighted by Gasteiger charge is -2.36. The topological polar surface area (TPSA) is 99.5 Å². The third kappa shape index (κ3) is 13.4. The Balaban J connectivity index is 1.63. The van der Waals surface area contributed by atoms with Crippen molar-refractivity contribution in [3.8, 4) is 17.6 Å². The molecule has 3 aromatic rings. The number of esters is 1. The molecule has 3 rings (SSSR count). The number of carbonyl (C=O) groups excluding carboxylic acids is 1. The highest BCUT2D eigenvalue weighted by Crippen LogP contribution is 2.46.